The van der Waals surface area contributed by atoms with E-state index < -0.39 is 0 Å². The topological polar surface area (TPSA) is 63.5 Å². The van der Waals surface area contributed by atoms with Gasteiger partial charge in [0, 0.05) is 45.8 Å². The second-order valence-electron chi connectivity index (χ2n) is 7.93. The molecule has 1 saturated heterocycles. The van der Waals surface area contributed by atoms with Crippen LogP contribution in [0.4, 0.5) is 4.39 Å². The highest BCUT2D eigenvalue weighted by molar-refractivity contribution is 8.00. The van der Waals surface area contributed by atoms with Crippen LogP contribution in [0.2, 0.25) is 0 Å². The number of thioether (sulfide) groups is 1. The van der Waals surface area contributed by atoms with E-state index in [0.717, 1.165) is 38.4 Å². The highest BCUT2D eigenvalue weighted by Gasteiger charge is 2.28. The zero-order valence-corrected chi connectivity index (χ0v) is 18.9. The van der Waals surface area contributed by atoms with Crippen LogP contribution in [0.3, 0.4) is 0 Å². The van der Waals surface area contributed by atoms with E-state index >= 15 is 0 Å². The summed E-state index contributed by atoms with van der Waals surface area (Å²) in [5.41, 5.74) is 0.803. The normalized spacial score (nSPS) is 16.1. The minimum absolute atomic E-state index is 0.0565. The molecule has 0 saturated carbocycles. The quantitative estimate of drug-likeness (QED) is 0.594. The highest BCUT2D eigenvalue weighted by atomic mass is 32.2. The van der Waals surface area contributed by atoms with Crippen LogP contribution in [0.25, 0.3) is 11.4 Å². The number of ether oxygens (including phenoxy) is 1. The van der Waals surface area contributed by atoms with Crippen LogP contribution in [-0.2, 0) is 16.1 Å². The monoisotopic (exact) mass is 435 g/mol. The van der Waals surface area contributed by atoms with Gasteiger partial charge in [-0.1, -0.05) is 25.6 Å². The van der Waals surface area contributed by atoms with Crippen molar-refractivity contribution in [1.29, 1.82) is 0 Å². The molecule has 3 rings (SSSR count). The number of aromatic nitrogens is 3. The van der Waals surface area contributed by atoms with E-state index in [1.54, 1.807) is 31.1 Å². The second kappa shape index (κ2) is 10.4. The molecule has 1 aliphatic heterocycles. The largest absolute Gasteiger partial charge is 0.379 e. The summed E-state index contributed by atoms with van der Waals surface area (Å²) in [6.07, 6.45) is 0. The lowest BCUT2D eigenvalue weighted by atomic mass is 10.1. The first-order chi connectivity index (χ1) is 14.4. The Morgan fingerprint density at radius 1 is 1.17 bits per heavy atom. The van der Waals surface area contributed by atoms with E-state index in [0.29, 0.717) is 17.5 Å². The summed E-state index contributed by atoms with van der Waals surface area (Å²) in [6.45, 7) is 8.85. The lowest BCUT2D eigenvalue weighted by Crippen LogP contribution is -2.38. The number of nitrogens with zero attached hydrogens (tertiary/aromatic N) is 5. The summed E-state index contributed by atoms with van der Waals surface area (Å²) in [4.78, 5) is 16.7. The zero-order valence-electron chi connectivity index (χ0n) is 18.0. The summed E-state index contributed by atoms with van der Waals surface area (Å²) in [5, 5.41) is 9.26. The molecule has 0 N–H and O–H groups in total. The van der Waals surface area contributed by atoms with Crippen molar-refractivity contribution in [3.8, 4) is 11.4 Å². The standard InChI is InChI=1S/C21H30FN5O2S/c1-15(2)18(20(28)25(3)4)30-21-24-23-19(16-5-7-17(22)8-6-16)27(21)10-9-26-11-13-29-14-12-26/h5-8,15,18H,9-14H2,1-4H3. The van der Waals surface area contributed by atoms with Crippen LogP contribution in [0.15, 0.2) is 29.4 Å². The summed E-state index contributed by atoms with van der Waals surface area (Å²) in [7, 11) is 3.54. The van der Waals surface area contributed by atoms with E-state index in [-0.39, 0.29) is 22.9 Å². The maximum atomic E-state index is 13.4. The smallest absolute Gasteiger partial charge is 0.235 e. The van der Waals surface area contributed by atoms with Crippen molar-refractivity contribution in [2.75, 3.05) is 46.9 Å². The Hall–Kier alpha value is -1.97. The molecule has 1 fully saturated rings. The molecule has 0 radical (unpaired) electrons. The first-order valence-electron chi connectivity index (χ1n) is 10.2. The van der Waals surface area contributed by atoms with Crippen molar-refractivity contribution < 1.29 is 13.9 Å². The number of benzene rings is 1. The summed E-state index contributed by atoms with van der Waals surface area (Å²) in [5.74, 6) is 0.597. The Morgan fingerprint density at radius 3 is 2.43 bits per heavy atom. The van der Waals surface area contributed by atoms with Crippen molar-refractivity contribution >= 4 is 17.7 Å². The fourth-order valence-corrected chi connectivity index (χ4v) is 4.50. The zero-order chi connectivity index (χ0) is 21.7. The maximum Gasteiger partial charge on any atom is 0.235 e. The van der Waals surface area contributed by atoms with Gasteiger partial charge in [-0.15, -0.1) is 10.2 Å². The van der Waals surface area contributed by atoms with Crippen molar-refractivity contribution in [2.24, 2.45) is 5.92 Å². The molecule has 1 unspecified atom stereocenters. The Labute approximate surface area is 181 Å². The van der Waals surface area contributed by atoms with Crippen LogP contribution in [-0.4, -0.2) is 82.7 Å². The van der Waals surface area contributed by atoms with Gasteiger partial charge < -0.3 is 14.2 Å². The molecular formula is C21H30FN5O2S. The molecular weight excluding hydrogens is 405 g/mol. The molecule has 30 heavy (non-hydrogen) atoms. The summed E-state index contributed by atoms with van der Waals surface area (Å²) in [6, 6.07) is 6.28. The maximum absolute atomic E-state index is 13.4. The Kier molecular flexibility index (Phi) is 7.85. The van der Waals surface area contributed by atoms with Crippen molar-refractivity contribution in [3.63, 3.8) is 0 Å². The average Bonchev–Trinajstić information content (AvgIpc) is 3.13. The van der Waals surface area contributed by atoms with E-state index in [1.165, 1.54) is 23.9 Å². The van der Waals surface area contributed by atoms with Gasteiger partial charge in [-0.2, -0.15) is 0 Å². The third-order valence-electron chi connectivity index (χ3n) is 5.08. The van der Waals surface area contributed by atoms with E-state index in [2.05, 4.69) is 15.1 Å². The van der Waals surface area contributed by atoms with Gasteiger partial charge in [-0.25, -0.2) is 4.39 Å². The molecule has 0 bridgehead atoms. The van der Waals surface area contributed by atoms with Gasteiger partial charge >= 0.3 is 0 Å². The summed E-state index contributed by atoms with van der Waals surface area (Å²) >= 11 is 1.45. The van der Waals surface area contributed by atoms with Crippen LogP contribution >= 0.6 is 11.8 Å². The van der Waals surface area contributed by atoms with E-state index in [9.17, 15) is 9.18 Å². The molecule has 0 aliphatic carbocycles. The van der Waals surface area contributed by atoms with Crippen LogP contribution < -0.4 is 0 Å². The van der Waals surface area contributed by atoms with Crippen LogP contribution in [0, 0.1) is 11.7 Å². The fraction of sp³-hybridized carbons (Fsp3) is 0.571. The van der Waals surface area contributed by atoms with E-state index in [1.807, 2.05) is 18.4 Å². The predicted molar refractivity (Wildman–Crippen MR) is 116 cm³/mol. The number of carbonyl (C=O) groups is 1. The van der Waals surface area contributed by atoms with E-state index in [4.69, 9.17) is 4.74 Å². The van der Waals surface area contributed by atoms with Gasteiger partial charge in [0.25, 0.3) is 0 Å². The van der Waals surface area contributed by atoms with Gasteiger partial charge in [0.05, 0.1) is 18.5 Å². The number of hydrogen-bond acceptors (Lipinski definition) is 6. The number of carbonyl (C=O) groups excluding carboxylic acids is 1. The molecule has 1 aromatic carbocycles. The number of morpholine rings is 1. The third kappa shape index (κ3) is 5.59. The minimum atomic E-state index is -0.288. The number of hydrogen-bond donors (Lipinski definition) is 0. The van der Waals surface area contributed by atoms with Crippen molar-refractivity contribution in [3.05, 3.63) is 30.1 Å². The highest BCUT2D eigenvalue weighted by Crippen LogP contribution is 2.31. The molecule has 2 heterocycles. The Bertz CT molecular complexity index is 834. The van der Waals surface area contributed by atoms with Crippen molar-refractivity contribution in [1.82, 2.24) is 24.6 Å². The minimum Gasteiger partial charge on any atom is -0.379 e. The van der Waals surface area contributed by atoms with Gasteiger partial charge in [-0.3, -0.25) is 9.69 Å². The Balaban J connectivity index is 1.89. The molecule has 9 heteroatoms. The molecule has 7 nitrogen and oxygen atoms in total. The molecule has 2 aromatic rings. The third-order valence-corrected chi connectivity index (χ3v) is 6.60. The van der Waals surface area contributed by atoms with Crippen molar-refractivity contribution in [2.45, 2.75) is 30.8 Å². The second-order valence-corrected chi connectivity index (χ2v) is 9.04. The van der Waals surface area contributed by atoms with Crippen LogP contribution in [0.1, 0.15) is 13.8 Å². The van der Waals surface area contributed by atoms with Gasteiger partial charge in [0.2, 0.25) is 5.91 Å². The molecule has 164 valence electrons. The van der Waals surface area contributed by atoms with Gasteiger partial charge in [0.1, 0.15) is 5.82 Å². The summed E-state index contributed by atoms with van der Waals surface area (Å²) < 4.78 is 20.9. The molecule has 1 atom stereocenters. The van der Waals surface area contributed by atoms with Crippen LogP contribution in [0.5, 0.6) is 0 Å². The fourth-order valence-electron chi connectivity index (χ4n) is 3.30. The predicted octanol–water partition coefficient (Wildman–Crippen LogP) is 2.62. The SMILES string of the molecule is CC(C)C(Sc1nnc(-c2ccc(F)cc2)n1CCN1CCOCC1)C(=O)N(C)C. The van der Waals surface area contributed by atoms with Gasteiger partial charge in [-0.05, 0) is 30.2 Å². The van der Waals surface area contributed by atoms with Gasteiger partial charge in [0.15, 0.2) is 11.0 Å². The molecule has 1 amide bonds. The number of halogens is 1. The average molecular weight is 436 g/mol. The first kappa shape index (κ1) is 22.7. The number of rotatable bonds is 8. The molecule has 1 aliphatic rings. The first-order valence-corrected chi connectivity index (χ1v) is 11.1. The lowest BCUT2D eigenvalue weighted by Gasteiger charge is -2.27. The molecule has 0 spiro atoms. The Morgan fingerprint density at radius 2 is 1.83 bits per heavy atom. The lowest BCUT2D eigenvalue weighted by molar-refractivity contribution is -0.128. The molecule has 1 aromatic heterocycles. The number of amides is 1.